The molecular weight excluding hydrogens is 270 g/mol. The van der Waals surface area contributed by atoms with Gasteiger partial charge in [-0.15, -0.1) is 11.3 Å². The Kier molecular flexibility index (Phi) is 4.55. The molecule has 0 unspecified atom stereocenters. The average molecular weight is 289 g/mol. The Morgan fingerprint density at radius 1 is 1.30 bits per heavy atom. The van der Waals surface area contributed by atoms with Crippen LogP contribution < -0.4 is 0 Å². The summed E-state index contributed by atoms with van der Waals surface area (Å²) in [4.78, 5) is 16.5. The van der Waals surface area contributed by atoms with E-state index in [-0.39, 0.29) is 5.97 Å². The van der Waals surface area contributed by atoms with Gasteiger partial charge in [-0.3, -0.25) is 4.79 Å². The van der Waals surface area contributed by atoms with E-state index < -0.39 is 5.41 Å². The standard InChI is InChI=1S/C16H19NO2S/c1-4-19-15(18)16(2,3)10-14-17-13(11-20-14)12-8-6-5-7-9-12/h5-9,11H,4,10H2,1-3H3. The van der Waals surface area contributed by atoms with Crippen molar-refractivity contribution in [3.05, 3.63) is 40.7 Å². The number of ether oxygens (including phenoxy) is 1. The van der Waals surface area contributed by atoms with Crippen molar-refractivity contribution in [3.8, 4) is 11.3 Å². The Hall–Kier alpha value is -1.68. The fourth-order valence-electron chi connectivity index (χ4n) is 1.91. The van der Waals surface area contributed by atoms with Gasteiger partial charge in [0.1, 0.15) is 0 Å². The van der Waals surface area contributed by atoms with Crippen molar-refractivity contribution in [2.75, 3.05) is 6.61 Å². The van der Waals surface area contributed by atoms with Crippen molar-refractivity contribution in [2.24, 2.45) is 5.41 Å². The van der Waals surface area contributed by atoms with E-state index >= 15 is 0 Å². The van der Waals surface area contributed by atoms with Gasteiger partial charge in [0.2, 0.25) is 0 Å². The molecule has 106 valence electrons. The third-order valence-electron chi connectivity index (χ3n) is 3.04. The van der Waals surface area contributed by atoms with E-state index in [1.807, 2.05) is 56.5 Å². The summed E-state index contributed by atoms with van der Waals surface area (Å²) in [6.45, 7) is 6.03. The third kappa shape index (κ3) is 3.45. The molecule has 0 spiro atoms. The van der Waals surface area contributed by atoms with E-state index in [1.54, 1.807) is 11.3 Å². The molecule has 1 aromatic heterocycles. The maximum absolute atomic E-state index is 11.9. The maximum atomic E-state index is 11.9. The Balaban J connectivity index is 2.12. The molecule has 0 amide bonds. The summed E-state index contributed by atoms with van der Waals surface area (Å²) in [5.41, 5.74) is 1.52. The quantitative estimate of drug-likeness (QED) is 0.783. The lowest BCUT2D eigenvalue weighted by molar-refractivity contribution is -0.153. The Labute approximate surface area is 123 Å². The molecule has 0 aliphatic rings. The molecule has 0 atom stereocenters. The Morgan fingerprint density at radius 3 is 2.65 bits per heavy atom. The number of aromatic nitrogens is 1. The number of hydrogen-bond acceptors (Lipinski definition) is 4. The monoisotopic (exact) mass is 289 g/mol. The van der Waals surface area contributed by atoms with Crippen molar-refractivity contribution in [3.63, 3.8) is 0 Å². The number of carbonyl (C=O) groups excluding carboxylic acids is 1. The minimum absolute atomic E-state index is 0.170. The van der Waals surface area contributed by atoms with Gasteiger partial charge >= 0.3 is 5.97 Å². The molecular formula is C16H19NO2S. The second-order valence-electron chi connectivity index (χ2n) is 5.27. The van der Waals surface area contributed by atoms with E-state index in [9.17, 15) is 4.79 Å². The minimum atomic E-state index is -0.540. The zero-order valence-corrected chi connectivity index (χ0v) is 12.9. The molecule has 4 heteroatoms. The van der Waals surface area contributed by atoms with Crippen LogP contribution in [0, 0.1) is 5.41 Å². The summed E-state index contributed by atoms with van der Waals surface area (Å²) in [6, 6.07) is 10.1. The number of esters is 1. The van der Waals surface area contributed by atoms with Crippen LogP contribution in [0.4, 0.5) is 0 Å². The highest BCUT2D eigenvalue weighted by Crippen LogP contribution is 2.28. The van der Waals surface area contributed by atoms with Gasteiger partial charge in [0, 0.05) is 17.4 Å². The molecule has 20 heavy (non-hydrogen) atoms. The van der Waals surface area contributed by atoms with Gasteiger partial charge in [0.15, 0.2) is 0 Å². The van der Waals surface area contributed by atoms with Gasteiger partial charge in [0.05, 0.1) is 22.7 Å². The van der Waals surface area contributed by atoms with E-state index in [0.29, 0.717) is 13.0 Å². The highest BCUT2D eigenvalue weighted by Gasteiger charge is 2.30. The molecule has 0 aliphatic heterocycles. The summed E-state index contributed by atoms with van der Waals surface area (Å²) in [7, 11) is 0. The molecule has 1 aromatic carbocycles. The number of rotatable bonds is 5. The van der Waals surface area contributed by atoms with Crippen LogP contribution in [0.15, 0.2) is 35.7 Å². The van der Waals surface area contributed by atoms with Gasteiger partial charge < -0.3 is 4.74 Å². The lowest BCUT2D eigenvalue weighted by atomic mass is 9.90. The van der Waals surface area contributed by atoms with Crippen molar-refractivity contribution >= 4 is 17.3 Å². The van der Waals surface area contributed by atoms with Crippen LogP contribution in [0.2, 0.25) is 0 Å². The molecule has 3 nitrogen and oxygen atoms in total. The second-order valence-corrected chi connectivity index (χ2v) is 6.22. The number of benzene rings is 1. The zero-order chi connectivity index (χ0) is 14.6. The van der Waals surface area contributed by atoms with Crippen molar-refractivity contribution in [2.45, 2.75) is 27.2 Å². The molecule has 0 saturated heterocycles. The molecule has 0 radical (unpaired) electrons. The van der Waals surface area contributed by atoms with Crippen LogP contribution in [-0.2, 0) is 16.0 Å². The molecule has 0 N–H and O–H groups in total. The maximum Gasteiger partial charge on any atom is 0.311 e. The van der Waals surface area contributed by atoms with Gasteiger partial charge in [-0.05, 0) is 20.8 Å². The molecule has 0 saturated carbocycles. The van der Waals surface area contributed by atoms with E-state index in [0.717, 1.165) is 16.3 Å². The summed E-state index contributed by atoms with van der Waals surface area (Å²) < 4.78 is 5.11. The van der Waals surface area contributed by atoms with Crippen molar-refractivity contribution in [1.82, 2.24) is 4.98 Å². The molecule has 2 aromatic rings. The Morgan fingerprint density at radius 2 is 2.00 bits per heavy atom. The van der Waals surface area contributed by atoms with Crippen molar-refractivity contribution < 1.29 is 9.53 Å². The summed E-state index contributed by atoms with van der Waals surface area (Å²) in [5.74, 6) is -0.170. The van der Waals surface area contributed by atoms with Gasteiger partial charge in [0.25, 0.3) is 0 Å². The lowest BCUT2D eigenvalue weighted by Gasteiger charge is -2.20. The van der Waals surface area contributed by atoms with E-state index in [1.165, 1.54) is 0 Å². The van der Waals surface area contributed by atoms with E-state index in [2.05, 4.69) is 4.98 Å². The first-order chi connectivity index (χ1) is 9.53. The zero-order valence-electron chi connectivity index (χ0n) is 12.1. The average Bonchev–Trinajstić information content (AvgIpc) is 2.88. The van der Waals surface area contributed by atoms with Gasteiger partial charge in [-0.2, -0.15) is 0 Å². The SMILES string of the molecule is CCOC(=O)C(C)(C)Cc1nc(-c2ccccc2)cs1. The molecule has 0 fully saturated rings. The largest absolute Gasteiger partial charge is 0.466 e. The number of carbonyl (C=O) groups is 1. The van der Waals surface area contributed by atoms with Crippen LogP contribution in [0.25, 0.3) is 11.3 Å². The van der Waals surface area contributed by atoms with Gasteiger partial charge in [-0.1, -0.05) is 30.3 Å². The van der Waals surface area contributed by atoms with Gasteiger partial charge in [-0.25, -0.2) is 4.98 Å². The summed E-state index contributed by atoms with van der Waals surface area (Å²) in [6.07, 6.45) is 0.601. The summed E-state index contributed by atoms with van der Waals surface area (Å²) >= 11 is 1.59. The highest BCUT2D eigenvalue weighted by molar-refractivity contribution is 7.10. The topological polar surface area (TPSA) is 39.2 Å². The third-order valence-corrected chi connectivity index (χ3v) is 3.89. The summed E-state index contributed by atoms with van der Waals surface area (Å²) in [5, 5.41) is 2.99. The lowest BCUT2D eigenvalue weighted by Crippen LogP contribution is -2.28. The molecule has 1 heterocycles. The first-order valence-corrected chi connectivity index (χ1v) is 7.58. The fraction of sp³-hybridized carbons (Fsp3) is 0.375. The van der Waals surface area contributed by atoms with Crippen molar-refractivity contribution in [1.29, 1.82) is 0 Å². The first-order valence-electron chi connectivity index (χ1n) is 6.70. The Bertz CT molecular complexity index is 575. The number of nitrogens with zero attached hydrogens (tertiary/aromatic N) is 1. The van der Waals surface area contributed by atoms with E-state index in [4.69, 9.17) is 4.74 Å². The van der Waals surface area contributed by atoms with Crippen LogP contribution in [0.5, 0.6) is 0 Å². The molecule has 0 aliphatic carbocycles. The predicted molar refractivity (Wildman–Crippen MR) is 81.7 cm³/mol. The predicted octanol–water partition coefficient (Wildman–Crippen LogP) is 3.94. The van der Waals surface area contributed by atoms with Crippen LogP contribution in [0.3, 0.4) is 0 Å². The highest BCUT2D eigenvalue weighted by atomic mass is 32.1. The smallest absolute Gasteiger partial charge is 0.311 e. The number of hydrogen-bond donors (Lipinski definition) is 0. The second kappa shape index (κ2) is 6.18. The molecule has 0 bridgehead atoms. The first kappa shape index (κ1) is 14.7. The fourth-order valence-corrected chi connectivity index (χ4v) is 2.94. The molecule has 2 rings (SSSR count). The minimum Gasteiger partial charge on any atom is -0.466 e. The normalized spacial score (nSPS) is 11.3. The van der Waals surface area contributed by atoms with Crippen LogP contribution >= 0.6 is 11.3 Å². The van der Waals surface area contributed by atoms with Crippen LogP contribution in [-0.4, -0.2) is 17.6 Å². The number of thiazole rings is 1. The van der Waals surface area contributed by atoms with Crippen LogP contribution in [0.1, 0.15) is 25.8 Å².